The maximum Gasteiger partial charge on any atom is 0.00719 e. The third-order valence-corrected chi connectivity index (χ3v) is 4.46. The molecule has 1 rings (SSSR count). The van der Waals surface area contributed by atoms with Gasteiger partial charge in [-0.3, -0.25) is 0 Å². The Kier molecular flexibility index (Phi) is 11.0. The molecule has 0 heterocycles. The van der Waals surface area contributed by atoms with Crippen LogP contribution in [0.25, 0.3) is 0 Å². The summed E-state index contributed by atoms with van der Waals surface area (Å²) in [6.07, 6.45) is 12.3. The van der Waals surface area contributed by atoms with E-state index in [0.717, 1.165) is 6.54 Å². The lowest BCUT2D eigenvalue weighted by Crippen LogP contribution is -1.97. The zero-order valence-electron chi connectivity index (χ0n) is 12.2. The van der Waals surface area contributed by atoms with E-state index in [4.69, 9.17) is 5.73 Å². The third kappa shape index (κ3) is 10.0. The SMILES string of the molecule is NCCCCCCCCCCCSc1ccccc1. The Labute approximate surface area is 123 Å². The molecule has 108 valence electrons. The molecule has 0 unspecified atom stereocenters. The lowest BCUT2D eigenvalue weighted by atomic mass is 10.1. The molecule has 0 aromatic heterocycles. The summed E-state index contributed by atoms with van der Waals surface area (Å²) in [7, 11) is 0. The summed E-state index contributed by atoms with van der Waals surface area (Å²) in [5.74, 6) is 1.26. The van der Waals surface area contributed by atoms with E-state index in [1.807, 2.05) is 11.8 Å². The highest BCUT2D eigenvalue weighted by atomic mass is 32.2. The van der Waals surface area contributed by atoms with Gasteiger partial charge in [-0.1, -0.05) is 63.1 Å². The largest absolute Gasteiger partial charge is 0.330 e. The Morgan fingerprint density at radius 2 is 1.21 bits per heavy atom. The molecule has 1 aromatic rings. The maximum absolute atomic E-state index is 5.48. The van der Waals surface area contributed by atoms with Crippen molar-refractivity contribution in [1.82, 2.24) is 0 Å². The van der Waals surface area contributed by atoms with E-state index in [9.17, 15) is 0 Å². The lowest BCUT2D eigenvalue weighted by Gasteiger charge is -2.03. The second kappa shape index (κ2) is 12.6. The molecule has 1 nitrogen and oxygen atoms in total. The maximum atomic E-state index is 5.48. The van der Waals surface area contributed by atoms with E-state index >= 15 is 0 Å². The number of thioether (sulfide) groups is 1. The molecule has 0 fully saturated rings. The number of rotatable bonds is 12. The normalized spacial score (nSPS) is 10.8. The molecule has 0 aliphatic rings. The predicted octanol–water partition coefficient (Wildman–Crippen LogP) is 5.25. The highest BCUT2D eigenvalue weighted by molar-refractivity contribution is 7.99. The van der Waals surface area contributed by atoms with Gasteiger partial charge in [0.05, 0.1) is 0 Å². The smallest absolute Gasteiger partial charge is 0.00719 e. The molecule has 0 amide bonds. The first-order valence-electron chi connectivity index (χ1n) is 7.81. The summed E-state index contributed by atoms with van der Waals surface area (Å²) in [5.41, 5.74) is 5.48. The first-order chi connectivity index (χ1) is 9.43. The second-order valence-corrected chi connectivity index (χ2v) is 6.30. The van der Waals surface area contributed by atoms with Crippen LogP contribution >= 0.6 is 11.8 Å². The van der Waals surface area contributed by atoms with Crippen molar-refractivity contribution in [3.8, 4) is 0 Å². The van der Waals surface area contributed by atoms with E-state index in [-0.39, 0.29) is 0 Å². The Bertz CT molecular complexity index is 287. The molecule has 0 aliphatic heterocycles. The quantitative estimate of drug-likeness (QED) is 0.418. The van der Waals surface area contributed by atoms with Crippen molar-refractivity contribution in [3.05, 3.63) is 30.3 Å². The minimum absolute atomic E-state index is 0.860. The molecule has 0 bridgehead atoms. The van der Waals surface area contributed by atoms with Crippen LogP contribution in [0.4, 0.5) is 0 Å². The highest BCUT2D eigenvalue weighted by Crippen LogP contribution is 2.19. The number of benzene rings is 1. The van der Waals surface area contributed by atoms with Crippen molar-refractivity contribution < 1.29 is 0 Å². The Hall–Kier alpha value is -0.470. The Morgan fingerprint density at radius 3 is 1.79 bits per heavy atom. The van der Waals surface area contributed by atoms with Gasteiger partial charge in [-0.2, -0.15) is 0 Å². The van der Waals surface area contributed by atoms with Gasteiger partial charge in [0, 0.05) is 4.90 Å². The molecule has 2 N–H and O–H groups in total. The summed E-state index contributed by atoms with van der Waals surface area (Å²) in [4.78, 5) is 1.41. The van der Waals surface area contributed by atoms with Crippen molar-refractivity contribution in [3.63, 3.8) is 0 Å². The standard InChI is InChI=1S/C17H29NS/c18-15-11-6-4-2-1-3-5-7-12-16-19-17-13-9-8-10-14-17/h8-10,13-14H,1-7,11-12,15-16,18H2. The van der Waals surface area contributed by atoms with Crippen LogP contribution in [0, 0.1) is 0 Å². The van der Waals surface area contributed by atoms with Crippen LogP contribution in [0.1, 0.15) is 57.8 Å². The number of hydrogen-bond donors (Lipinski definition) is 1. The van der Waals surface area contributed by atoms with E-state index in [1.54, 1.807) is 0 Å². The average Bonchev–Trinajstić information content (AvgIpc) is 2.46. The van der Waals surface area contributed by atoms with E-state index < -0.39 is 0 Å². The molecule has 0 atom stereocenters. The van der Waals surface area contributed by atoms with Crippen molar-refractivity contribution in [2.75, 3.05) is 12.3 Å². The van der Waals surface area contributed by atoms with Crippen LogP contribution in [0.5, 0.6) is 0 Å². The minimum Gasteiger partial charge on any atom is -0.330 e. The van der Waals surface area contributed by atoms with Gasteiger partial charge in [-0.25, -0.2) is 0 Å². The summed E-state index contributed by atoms with van der Waals surface area (Å²) >= 11 is 1.99. The fourth-order valence-corrected chi connectivity index (χ4v) is 3.12. The van der Waals surface area contributed by atoms with E-state index in [2.05, 4.69) is 30.3 Å². The first kappa shape index (κ1) is 16.6. The van der Waals surface area contributed by atoms with Crippen molar-refractivity contribution >= 4 is 11.8 Å². The molecule has 19 heavy (non-hydrogen) atoms. The highest BCUT2D eigenvalue weighted by Gasteiger charge is 1.94. The van der Waals surface area contributed by atoms with Gasteiger partial charge in [0.1, 0.15) is 0 Å². The molecular formula is C17H29NS. The lowest BCUT2D eigenvalue weighted by molar-refractivity contribution is 0.568. The van der Waals surface area contributed by atoms with Crippen LogP contribution in [0.2, 0.25) is 0 Å². The summed E-state index contributed by atoms with van der Waals surface area (Å²) in [5, 5.41) is 0. The first-order valence-corrected chi connectivity index (χ1v) is 8.80. The molecule has 0 saturated heterocycles. The average molecular weight is 279 g/mol. The predicted molar refractivity (Wildman–Crippen MR) is 87.8 cm³/mol. The van der Waals surface area contributed by atoms with Gasteiger partial charge < -0.3 is 5.73 Å². The topological polar surface area (TPSA) is 26.0 Å². The van der Waals surface area contributed by atoms with Gasteiger partial charge in [0.2, 0.25) is 0 Å². The van der Waals surface area contributed by atoms with Gasteiger partial charge in [0.15, 0.2) is 0 Å². The molecule has 1 aromatic carbocycles. The van der Waals surface area contributed by atoms with Crippen LogP contribution in [-0.2, 0) is 0 Å². The fourth-order valence-electron chi connectivity index (χ4n) is 2.19. The van der Waals surface area contributed by atoms with Gasteiger partial charge in [-0.15, -0.1) is 11.8 Å². The number of unbranched alkanes of at least 4 members (excludes halogenated alkanes) is 8. The molecule has 0 radical (unpaired) electrons. The van der Waals surface area contributed by atoms with Crippen LogP contribution < -0.4 is 5.73 Å². The van der Waals surface area contributed by atoms with Crippen LogP contribution in [-0.4, -0.2) is 12.3 Å². The van der Waals surface area contributed by atoms with Gasteiger partial charge in [0.25, 0.3) is 0 Å². The Morgan fingerprint density at radius 1 is 0.684 bits per heavy atom. The fraction of sp³-hybridized carbons (Fsp3) is 0.647. The van der Waals surface area contributed by atoms with Gasteiger partial charge in [-0.05, 0) is 37.3 Å². The monoisotopic (exact) mass is 279 g/mol. The summed E-state index contributed by atoms with van der Waals surface area (Å²) < 4.78 is 0. The van der Waals surface area contributed by atoms with Crippen molar-refractivity contribution in [2.24, 2.45) is 5.73 Å². The number of nitrogens with two attached hydrogens (primary N) is 1. The second-order valence-electron chi connectivity index (χ2n) is 5.13. The van der Waals surface area contributed by atoms with Crippen molar-refractivity contribution in [1.29, 1.82) is 0 Å². The minimum atomic E-state index is 0.860. The molecule has 0 saturated carbocycles. The van der Waals surface area contributed by atoms with E-state index in [1.165, 1.54) is 68.4 Å². The van der Waals surface area contributed by atoms with Crippen LogP contribution in [0.3, 0.4) is 0 Å². The molecule has 0 spiro atoms. The number of hydrogen-bond acceptors (Lipinski definition) is 2. The molecule has 0 aliphatic carbocycles. The zero-order valence-corrected chi connectivity index (χ0v) is 13.0. The third-order valence-electron chi connectivity index (χ3n) is 3.36. The molecular weight excluding hydrogens is 250 g/mol. The summed E-state index contributed by atoms with van der Waals surface area (Å²) in [6.45, 7) is 0.860. The van der Waals surface area contributed by atoms with Gasteiger partial charge >= 0.3 is 0 Å². The van der Waals surface area contributed by atoms with Crippen LogP contribution in [0.15, 0.2) is 35.2 Å². The Balaban J connectivity index is 1.79. The summed E-state index contributed by atoms with van der Waals surface area (Å²) in [6, 6.07) is 10.7. The van der Waals surface area contributed by atoms with Crippen molar-refractivity contribution in [2.45, 2.75) is 62.7 Å². The zero-order chi connectivity index (χ0) is 13.6. The molecule has 2 heteroatoms. The van der Waals surface area contributed by atoms with E-state index in [0.29, 0.717) is 0 Å².